The first-order chi connectivity index (χ1) is 13.0. The molecule has 0 amide bonds. The molecule has 140 valence electrons. The highest BCUT2D eigenvalue weighted by Gasteiger charge is 2.28. The van der Waals surface area contributed by atoms with Gasteiger partial charge < -0.3 is 18.9 Å². The number of hydrogen-bond acceptors (Lipinski definition) is 6. The molecule has 0 saturated carbocycles. The summed E-state index contributed by atoms with van der Waals surface area (Å²) in [6.07, 6.45) is 1.33. The molecule has 1 aliphatic heterocycles. The van der Waals surface area contributed by atoms with Gasteiger partial charge in [-0.1, -0.05) is 18.2 Å². The highest BCUT2D eigenvalue weighted by molar-refractivity contribution is 6.14. The van der Waals surface area contributed by atoms with Crippen LogP contribution in [-0.4, -0.2) is 32.1 Å². The monoisotopic (exact) mass is 376 g/mol. The number of methoxy groups -OCH3 is 1. The highest BCUT2D eigenvalue weighted by Crippen LogP contribution is 2.35. The van der Waals surface area contributed by atoms with Crippen LogP contribution in [0.4, 0.5) is 8.78 Å². The Hall–Kier alpha value is -3.42. The van der Waals surface area contributed by atoms with Crippen LogP contribution in [0.5, 0.6) is 17.2 Å². The van der Waals surface area contributed by atoms with Gasteiger partial charge in [-0.3, -0.25) is 4.79 Å². The predicted molar refractivity (Wildman–Crippen MR) is 90.0 cm³/mol. The lowest BCUT2D eigenvalue weighted by Crippen LogP contribution is -2.12. The number of hydrogen-bond donors (Lipinski definition) is 0. The Morgan fingerprint density at radius 2 is 2.00 bits per heavy atom. The summed E-state index contributed by atoms with van der Waals surface area (Å²) >= 11 is 0. The van der Waals surface area contributed by atoms with Gasteiger partial charge in [-0.05, 0) is 24.3 Å². The van der Waals surface area contributed by atoms with Gasteiger partial charge in [-0.2, -0.15) is 8.78 Å². The minimum absolute atomic E-state index is 0.0413. The van der Waals surface area contributed by atoms with Gasteiger partial charge in [-0.15, -0.1) is 0 Å². The summed E-state index contributed by atoms with van der Waals surface area (Å²) in [4.78, 5) is 23.6. The van der Waals surface area contributed by atoms with E-state index in [2.05, 4.69) is 9.47 Å². The zero-order valence-corrected chi connectivity index (χ0v) is 14.1. The summed E-state index contributed by atoms with van der Waals surface area (Å²) in [5, 5.41) is 0. The third-order valence-corrected chi connectivity index (χ3v) is 3.65. The second-order valence-electron chi connectivity index (χ2n) is 5.38. The number of esters is 1. The van der Waals surface area contributed by atoms with Crippen LogP contribution < -0.4 is 14.2 Å². The van der Waals surface area contributed by atoms with Crippen molar-refractivity contribution in [2.45, 2.75) is 6.61 Å². The first-order valence-corrected chi connectivity index (χ1v) is 7.79. The standard InChI is InChI=1S/C19H14F2O6/c1-24-17(22)10-25-12-6-7-13-15(9-12)26-16(18(13)23)8-11-4-2-3-5-14(11)27-19(20)21/h2-9,19H,10H2,1H3/b16-8-. The van der Waals surface area contributed by atoms with Gasteiger partial charge in [-0.25, -0.2) is 4.79 Å². The molecule has 1 aliphatic rings. The van der Waals surface area contributed by atoms with Gasteiger partial charge in [0.15, 0.2) is 12.4 Å². The summed E-state index contributed by atoms with van der Waals surface area (Å²) < 4.78 is 44.7. The number of halogens is 2. The Bertz CT molecular complexity index is 907. The number of ketones is 1. The number of carbonyl (C=O) groups is 2. The van der Waals surface area contributed by atoms with Crippen LogP contribution in [0, 0.1) is 0 Å². The van der Waals surface area contributed by atoms with E-state index in [0.29, 0.717) is 11.3 Å². The van der Waals surface area contributed by atoms with Crippen LogP contribution in [0.3, 0.4) is 0 Å². The SMILES string of the molecule is COC(=O)COc1ccc2c(c1)O/C(=C\c1ccccc1OC(F)F)C2=O. The molecule has 27 heavy (non-hydrogen) atoms. The molecule has 0 bridgehead atoms. The maximum atomic E-state index is 12.5. The van der Waals surface area contributed by atoms with E-state index in [1.807, 2.05) is 0 Å². The summed E-state index contributed by atoms with van der Waals surface area (Å²) in [5.41, 5.74) is 0.565. The lowest BCUT2D eigenvalue weighted by atomic mass is 10.1. The molecule has 0 aromatic heterocycles. The largest absolute Gasteiger partial charge is 0.482 e. The van der Waals surface area contributed by atoms with Crippen LogP contribution in [0.25, 0.3) is 6.08 Å². The zero-order valence-electron chi connectivity index (χ0n) is 14.1. The number of benzene rings is 2. The number of carbonyl (C=O) groups excluding carboxylic acids is 2. The van der Waals surface area contributed by atoms with E-state index in [4.69, 9.17) is 9.47 Å². The van der Waals surface area contributed by atoms with Crippen molar-refractivity contribution in [1.29, 1.82) is 0 Å². The predicted octanol–water partition coefficient (Wildman–Crippen LogP) is 3.46. The first kappa shape index (κ1) is 18.4. The van der Waals surface area contributed by atoms with Crippen molar-refractivity contribution in [3.05, 3.63) is 59.4 Å². The van der Waals surface area contributed by atoms with Crippen molar-refractivity contribution in [2.24, 2.45) is 0 Å². The lowest BCUT2D eigenvalue weighted by molar-refractivity contribution is -0.142. The van der Waals surface area contributed by atoms with Gasteiger partial charge in [0.05, 0.1) is 12.7 Å². The average molecular weight is 376 g/mol. The van der Waals surface area contributed by atoms with Gasteiger partial charge >= 0.3 is 12.6 Å². The fourth-order valence-corrected chi connectivity index (χ4v) is 2.40. The van der Waals surface area contributed by atoms with E-state index in [0.717, 1.165) is 0 Å². The summed E-state index contributed by atoms with van der Waals surface area (Å²) in [7, 11) is 1.24. The number of Topliss-reactive ketones (excluding diaryl/α,β-unsaturated/α-hetero) is 1. The van der Waals surface area contributed by atoms with Crippen LogP contribution in [0.2, 0.25) is 0 Å². The molecular formula is C19H14F2O6. The molecule has 0 N–H and O–H groups in total. The van der Waals surface area contributed by atoms with E-state index in [1.165, 1.54) is 49.6 Å². The lowest BCUT2D eigenvalue weighted by Gasteiger charge is -2.08. The third-order valence-electron chi connectivity index (χ3n) is 3.65. The van der Waals surface area contributed by atoms with Crippen LogP contribution in [0.1, 0.15) is 15.9 Å². The van der Waals surface area contributed by atoms with Crippen molar-refractivity contribution < 1.29 is 37.3 Å². The third kappa shape index (κ3) is 4.22. The molecule has 2 aromatic carbocycles. The van der Waals surface area contributed by atoms with Crippen molar-refractivity contribution >= 4 is 17.8 Å². The van der Waals surface area contributed by atoms with Crippen LogP contribution in [-0.2, 0) is 9.53 Å². The molecule has 0 radical (unpaired) electrons. The molecule has 0 atom stereocenters. The Labute approximate surface area is 152 Å². The Kier molecular flexibility index (Phi) is 5.35. The number of alkyl halides is 2. The zero-order chi connectivity index (χ0) is 19.4. The minimum Gasteiger partial charge on any atom is -0.482 e. The fourth-order valence-electron chi connectivity index (χ4n) is 2.40. The quantitative estimate of drug-likeness (QED) is 0.568. The summed E-state index contributed by atoms with van der Waals surface area (Å²) in [6.45, 7) is -3.28. The molecule has 2 aromatic rings. The van der Waals surface area contributed by atoms with Crippen molar-refractivity contribution in [3.63, 3.8) is 0 Å². The van der Waals surface area contributed by atoms with Crippen LogP contribution >= 0.6 is 0 Å². The molecule has 0 saturated heterocycles. The van der Waals surface area contributed by atoms with Gasteiger partial charge in [0.1, 0.15) is 17.2 Å². The number of para-hydroxylation sites is 1. The van der Waals surface area contributed by atoms with Crippen LogP contribution in [0.15, 0.2) is 48.2 Å². The Morgan fingerprint density at radius 1 is 1.22 bits per heavy atom. The minimum atomic E-state index is -2.99. The van der Waals surface area contributed by atoms with E-state index < -0.39 is 18.4 Å². The molecule has 8 heteroatoms. The van der Waals surface area contributed by atoms with E-state index in [9.17, 15) is 18.4 Å². The Morgan fingerprint density at radius 3 is 2.74 bits per heavy atom. The number of allylic oxidation sites excluding steroid dienone is 1. The highest BCUT2D eigenvalue weighted by atomic mass is 19.3. The fraction of sp³-hybridized carbons (Fsp3) is 0.158. The molecular weight excluding hydrogens is 362 g/mol. The topological polar surface area (TPSA) is 71.1 Å². The number of fused-ring (bicyclic) bond motifs is 1. The first-order valence-electron chi connectivity index (χ1n) is 7.79. The smallest absolute Gasteiger partial charge is 0.387 e. The van der Waals surface area contributed by atoms with E-state index >= 15 is 0 Å². The van der Waals surface area contributed by atoms with Crippen molar-refractivity contribution in [3.8, 4) is 17.2 Å². The molecule has 6 nitrogen and oxygen atoms in total. The van der Waals surface area contributed by atoms with Crippen molar-refractivity contribution in [2.75, 3.05) is 13.7 Å². The number of rotatable bonds is 6. The second kappa shape index (κ2) is 7.86. The summed E-state index contributed by atoms with van der Waals surface area (Å²) in [5.74, 6) is -0.523. The van der Waals surface area contributed by atoms with E-state index in [1.54, 1.807) is 6.07 Å². The van der Waals surface area contributed by atoms with Crippen molar-refractivity contribution in [1.82, 2.24) is 0 Å². The second-order valence-corrected chi connectivity index (χ2v) is 5.38. The van der Waals surface area contributed by atoms with Gasteiger partial charge in [0.25, 0.3) is 0 Å². The molecule has 0 unspecified atom stereocenters. The maximum Gasteiger partial charge on any atom is 0.387 e. The Balaban J connectivity index is 1.82. The average Bonchev–Trinajstić information content (AvgIpc) is 2.96. The molecule has 1 heterocycles. The number of ether oxygens (including phenoxy) is 4. The molecule has 3 rings (SSSR count). The van der Waals surface area contributed by atoms with Gasteiger partial charge in [0, 0.05) is 11.6 Å². The van der Waals surface area contributed by atoms with E-state index in [-0.39, 0.29) is 29.4 Å². The molecule has 0 fully saturated rings. The van der Waals surface area contributed by atoms with Gasteiger partial charge in [0.2, 0.25) is 5.78 Å². The molecule has 0 spiro atoms. The maximum absolute atomic E-state index is 12.5. The molecule has 0 aliphatic carbocycles. The summed E-state index contributed by atoms with van der Waals surface area (Å²) in [6, 6.07) is 10.5. The normalized spacial score (nSPS) is 14.1.